The van der Waals surface area contributed by atoms with E-state index in [-0.39, 0.29) is 16.6 Å². The predicted molar refractivity (Wildman–Crippen MR) is 98.0 cm³/mol. The Morgan fingerprint density at radius 2 is 1.69 bits per heavy atom. The molecule has 0 saturated carbocycles. The summed E-state index contributed by atoms with van der Waals surface area (Å²) in [6.07, 6.45) is 0.361. The summed E-state index contributed by atoms with van der Waals surface area (Å²) in [5.74, 6) is -0.415. The van der Waals surface area contributed by atoms with Crippen molar-refractivity contribution < 1.29 is 17.6 Å². The van der Waals surface area contributed by atoms with Crippen LogP contribution in [0.3, 0.4) is 0 Å². The number of hydrogen-bond acceptors (Lipinski definition) is 3. The van der Waals surface area contributed by atoms with Crippen LogP contribution in [0.15, 0.2) is 53.4 Å². The van der Waals surface area contributed by atoms with E-state index in [0.717, 1.165) is 5.56 Å². The Labute approximate surface area is 152 Å². The van der Waals surface area contributed by atoms with Gasteiger partial charge in [-0.3, -0.25) is 4.79 Å². The van der Waals surface area contributed by atoms with Crippen molar-refractivity contribution in [2.24, 2.45) is 0 Å². The number of hydrogen-bond donors (Lipinski definition) is 1. The van der Waals surface area contributed by atoms with Gasteiger partial charge < -0.3 is 4.90 Å². The lowest BCUT2D eigenvalue weighted by atomic mass is 10.0. The average molecular weight is 376 g/mol. The largest absolute Gasteiger partial charge is 0.311 e. The molecule has 0 bridgehead atoms. The molecular weight excluding hydrogens is 355 g/mol. The van der Waals surface area contributed by atoms with Crippen molar-refractivity contribution in [1.82, 2.24) is 4.72 Å². The highest BCUT2D eigenvalue weighted by Crippen LogP contribution is 2.23. The molecule has 5 nitrogen and oxygen atoms in total. The standard InChI is InChI=1S/C19H21FN2O3S/c1-13(2)14-3-9-17(10-4-14)26(24,25)21-18-11-12-22(19(18)23)16-7-5-15(20)6-8-16/h3-10,13,18,21H,11-12H2,1-2H3/t18-/m1/s1. The SMILES string of the molecule is CC(C)c1ccc(S(=O)(=O)N[C@@H]2CCN(c3ccc(F)cc3)C2=O)cc1. The third-order valence-corrected chi connectivity index (χ3v) is 5.99. The number of nitrogens with zero attached hydrogens (tertiary/aromatic N) is 1. The molecule has 3 rings (SSSR count). The van der Waals surface area contributed by atoms with E-state index in [1.807, 2.05) is 13.8 Å². The predicted octanol–water partition coefficient (Wildman–Crippen LogP) is 3.03. The monoisotopic (exact) mass is 376 g/mol. The summed E-state index contributed by atoms with van der Waals surface area (Å²) in [5.41, 5.74) is 1.60. The Kier molecular flexibility index (Phi) is 5.11. The summed E-state index contributed by atoms with van der Waals surface area (Å²) in [6, 6.07) is 11.4. The molecule has 1 fully saturated rings. The van der Waals surface area contributed by atoms with E-state index in [0.29, 0.717) is 24.6 Å². The number of benzene rings is 2. The van der Waals surface area contributed by atoms with E-state index >= 15 is 0 Å². The maximum atomic E-state index is 13.0. The first-order chi connectivity index (χ1) is 12.3. The molecule has 1 heterocycles. The second kappa shape index (κ2) is 7.17. The van der Waals surface area contributed by atoms with Crippen molar-refractivity contribution in [2.75, 3.05) is 11.4 Å². The van der Waals surface area contributed by atoms with E-state index in [1.54, 1.807) is 24.3 Å². The molecule has 1 aliphatic rings. The minimum atomic E-state index is -3.79. The van der Waals surface area contributed by atoms with Crippen molar-refractivity contribution in [2.45, 2.75) is 37.1 Å². The number of nitrogens with one attached hydrogen (secondary N) is 1. The fourth-order valence-electron chi connectivity index (χ4n) is 2.95. The smallest absolute Gasteiger partial charge is 0.245 e. The Balaban J connectivity index is 1.74. The molecule has 1 saturated heterocycles. The molecule has 2 aromatic carbocycles. The van der Waals surface area contributed by atoms with Gasteiger partial charge in [-0.1, -0.05) is 26.0 Å². The minimum absolute atomic E-state index is 0.134. The van der Waals surface area contributed by atoms with Gasteiger partial charge in [0.1, 0.15) is 11.9 Å². The second-order valence-electron chi connectivity index (χ2n) is 6.65. The van der Waals surface area contributed by atoms with Crippen LogP contribution in [0.2, 0.25) is 0 Å². The van der Waals surface area contributed by atoms with E-state index < -0.39 is 16.1 Å². The summed E-state index contributed by atoms with van der Waals surface area (Å²) in [5, 5.41) is 0. The summed E-state index contributed by atoms with van der Waals surface area (Å²) < 4.78 is 40.7. The Morgan fingerprint density at radius 1 is 1.08 bits per heavy atom. The van der Waals surface area contributed by atoms with Gasteiger partial charge in [0.05, 0.1) is 4.90 Å². The molecule has 7 heteroatoms. The fourth-order valence-corrected chi connectivity index (χ4v) is 4.18. The zero-order chi connectivity index (χ0) is 18.9. The van der Waals surface area contributed by atoms with Crippen LogP contribution in [0.25, 0.3) is 0 Å². The van der Waals surface area contributed by atoms with Gasteiger partial charge in [-0.15, -0.1) is 0 Å². The van der Waals surface area contributed by atoms with Gasteiger partial charge in [-0.05, 0) is 54.3 Å². The van der Waals surface area contributed by atoms with Gasteiger partial charge in [-0.25, -0.2) is 12.8 Å². The zero-order valence-corrected chi connectivity index (χ0v) is 15.5. The highest BCUT2D eigenvalue weighted by molar-refractivity contribution is 7.89. The number of sulfonamides is 1. The van der Waals surface area contributed by atoms with E-state index in [1.165, 1.54) is 29.2 Å². The lowest BCUT2D eigenvalue weighted by molar-refractivity contribution is -0.118. The first-order valence-corrected chi connectivity index (χ1v) is 9.95. The third kappa shape index (κ3) is 3.78. The lowest BCUT2D eigenvalue weighted by Crippen LogP contribution is -2.41. The molecule has 0 spiro atoms. The molecule has 1 atom stereocenters. The Hall–Kier alpha value is -2.25. The topological polar surface area (TPSA) is 66.5 Å². The Bertz CT molecular complexity index is 893. The average Bonchev–Trinajstić information content (AvgIpc) is 2.96. The molecule has 0 radical (unpaired) electrons. The Morgan fingerprint density at radius 3 is 2.27 bits per heavy atom. The molecule has 1 aliphatic heterocycles. The summed E-state index contributed by atoms with van der Waals surface area (Å²) in [6.45, 7) is 4.44. The summed E-state index contributed by atoms with van der Waals surface area (Å²) in [7, 11) is -3.79. The molecule has 0 aliphatic carbocycles. The molecule has 138 valence electrons. The quantitative estimate of drug-likeness (QED) is 0.872. The number of rotatable bonds is 5. The lowest BCUT2D eigenvalue weighted by Gasteiger charge is -2.17. The normalized spacial score (nSPS) is 17.9. The molecule has 0 unspecified atom stereocenters. The number of halogens is 1. The molecule has 0 aromatic heterocycles. The molecule has 26 heavy (non-hydrogen) atoms. The number of anilines is 1. The van der Waals surface area contributed by atoms with Crippen molar-refractivity contribution in [3.63, 3.8) is 0 Å². The van der Waals surface area contributed by atoms with Crippen LogP contribution in [0, 0.1) is 5.82 Å². The molecular formula is C19H21FN2O3S. The highest BCUT2D eigenvalue weighted by Gasteiger charge is 2.35. The van der Waals surface area contributed by atoms with Crippen LogP contribution in [0.5, 0.6) is 0 Å². The number of carbonyl (C=O) groups excluding carboxylic acids is 1. The minimum Gasteiger partial charge on any atom is -0.311 e. The van der Waals surface area contributed by atoms with Gasteiger partial charge in [0, 0.05) is 12.2 Å². The van der Waals surface area contributed by atoms with Crippen LogP contribution >= 0.6 is 0 Å². The van der Waals surface area contributed by atoms with Gasteiger partial charge in [0.15, 0.2) is 0 Å². The van der Waals surface area contributed by atoms with E-state index in [9.17, 15) is 17.6 Å². The van der Waals surface area contributed by atoms with E-state index in [2.05, 4.69) is 4.72 Å². The maximum absolute atomic E-state index is 13.0. The van der Waals surface area contributed by atoms with Gasteiger partial charge >= 0.3 is 0 Å². The van der Waals surface area contributed by atoms with Crippen LogP contribution in [-0.4, -0.2) is 26.9 Å². The van der Waals surface area contributed by atoms with Crippen LogP contribution in [-0.2, 0) is 14.8 Å². The van der Waals surface area contributed by atoms with Gasteiger partial charge in [-0.2, -0.15) is 4.72 Å². The third-order valence-electron chi connectivity index (χ3n) is 4.50. The zero-order valence-electron chi connectivity index (χ0n) is 14.6. The van der Waals surface area contributed by atoms with Gasteiger partial charge in [0.25, 0.3) is 0 Å². The van der Waals surface area contributed by atoms with E-state index in [4.69, 9.17) is 0 Å². The maximum Gasteiger partial charge on any atom is 0.245 e. The van der Waals surface area contributed by atoms with Crippen LogP contribution in [0.4, 0.5) is 10.1 Å². The second-order valence-corrected chi connectivity index (χ2v) is 8.37. The van der Waals surface area contributed by atoms with Crippen molar-refractivity contribution in [1.29, 1.82) is 0 Å². The molecule has 2 aromatic rings. The van der Waals surface area contributed by atoms with Crippen LogP contribution in [0.1, 0.15) is 31.7 Å². The van der Waals surface area contributed by atoms with Crippen molar-refractivity contribution in [3.05, 3.63) is 59.9 Å². The van der Waals surface area contributed by atoms with Gasteiger partial charge in [0.2, 0.25) is 15.9 Å². The molecule has 1 amide bonds. The van der Waals surface area contributed by atoms with Crippen molar-refractivity contribution >= 4 is 21.6 Å². The van der Waals surface area contributed by atoms with Crippen LogP contribution < -0.4 is 9.62 Å². The number of carbonyl (C=O) groups is 1. The number of amides is 1. The summed E-state index contributed by atoms with van der Waals surface area (Å²) in [4.78, 5) is 14.1. The fraction of sp³-hybridized carbons (Fsp3) is 0.316. The molecule has 1 N–H and O–H groups in total. The highest BCUT2D eigenvalue weighted by atomic mass is 32.2. The van der Waals surface area contributed by atoms with Crippen molar-refractivity contribution in [3.8, 4) is 0 Å². The first-order valence-electron chi connectivity index (χ1n) is 8.47. The summed E-state index contributed by atoms with van der Waals surface area (Å²) >= 11 is 0. The first kappa shape index (κ1) is 18.5.